The van der Waals surface area contributed by atoms with E-state index in [0.29, 0.717) is 22.3 Å². The zero-order valence-electron chi connectivity index (χ0n) is 17.2. The Labute approximate surface area is 209 Å². The molecule has 1 amide bonds. The molecule has 0 saturated carbocycles. The summed E-state index contributed by atoms with van der Waals surface area (Å²) >= 11 is 17.5. The molecule has 0 aliphatic carbocycles. The summed E-state index contributed by atoms with van der Waals surface area (Å²) in [5.74, 6) is -0.844. The van der Waals surface area contributed by atoms with Gasteiger partial charge in [-0.15, -0.1) is 11.3 Å². The molecule has 0 spiro atoms. The lowest BCUT2D eigenvalue weighted by Crippen LogP contribution is -2.46. The van der Waals surface area contributed by atoms with Crippen molar-refractivity contribution in [3.05, 3.63) is 78.9 Å². The van der Waals surface area contributed by atoms with Crippen molar-refractivity contribution in [2.45, 2.75) is 19.4 Å². The smallest absolute Gasteiger partial charge is 0.283 e. The molecule has 3 N–H and O–H groups in total. The van der Waals surface area contributed by atoms with Crippen LogP contribution in [0.25, 0.3) is 0 Å². The monoisotopic (exact) mass is 550 g/mol. The molecule has 4 rings (SSSR count). The van der Waals surface area contributed by atoms with Crippen LogP contribution in [0.5, 0.6) is 0 Å². The van der Waals surface area contributed by atoms with E-state index in [9.17, 15) is 4.79 Å². The number of nitrogens with zero attached hydrogens (tertiary/aromatic N) is 1. The molecule has 32 heavy (non-hydrogen) atoms. The third-order valence-electron chi connectivity index (χ3n) is 5.47. The quantitative estimate of drug-likeness (QED) is 0.285. The van der Waals surface area contributed by atoms with Gasteiger partial charge in [0.05, 0.1) is 26.2 Å². The average molecular weight is 552 g/mol. The molecule has 5 nitrogen and oxygen atoms in total. The molecular formula is C23H21BrCl2N4OS. The number of amides is 1. The number of rotatable bonds is 7. The highest BCUT2D eigenvalue weighted by Gasteiger charge is 2.30. The standard InChI is InChI=1S/C23H21BrCl2N4OS/c1-13(21(27)23(31)29-30-11-10-14-4-2-3-5-18(14)30)22(19-8-9-20(24)32-19)28-17-7-6-15(25)12-16(17)26/h2-9,12-13,22,27-28H,10-11H2,1H3,(H,29,31). The maximum Gasteiger partial charge on any atom is 0.283 e. The normalized spacial score (nSPS) is 14.6. The Morgan fingerprint density at radius 2 is 1.97 bits per heavy atom. The van der Waals surface area contributed by atoms with E-state index in [1.165, 1.54) is 5.56 Å². The first kappa shape index (κ1) is 23.1. The molecule has 1 aromatic heterocycles. The molecule has 2 heterocycles. The van der Waals surface area contributed by atoms with E-state index in [0.717, 1.165) is 20.8 Å². The number of fused-ring (bicyclic) bond motifs is 1. The van der Waals surface area contributed by atoms with Gasteiger partial charge in [0.1, 0.15) is 5.71 Å². The van der Waals surface area contributed by atoms with E-state index >= 15 is 0 Å². The third-order valence-corrected chi connectivity index (χ3v) is 7.72. The number of carbonyl (C=O) groups excluding carboxylic acids is 1. The summed E-state index contributed by atoms with van der Waals surface area (Å²) in [6, 6.07) is 16.8. The van der Waals surface area contributed by atoms with Gasteiger partial charge < -0.3 is 5.32 Å². The number of hydrogen-bond donors (Lipinski definition) is 3. The van der Waals surface area contributed by atoms with Gasteiger partial charge in [0.25, 0.3) is 5.91 Å². The van der Waals surface area contributed by atoms with Crippen LogP contribution < -0.4 is 15.8 Å². The molecule has 2 atom stereocenters. The van der Waals surface area contributed by atoms with E-state index < -0.39 is 11.8 Å². The van der Waals surface area contributed by atoms with E-state index in [2.05, 4.69) is 32.7 Å². The highest BCUT2D eigenvalue weighted by molar-refractivity contribution is 9.11. The number of halogens is 3. The molecule has 0 bridgehead atoms. The Morgan fingerprint density at radius 3 is 2.69 bits per heavy atom. The number of para-hydroxylation sites is 1. The summed E-state index contributed by atoms with van der Waals surface area (Å²) < 4.78 is 0.971. The van der Waals surface area contributed by atoms with Crippen LogP contribution in [-0.2, 0) is 11.2 Å². The molecule has 1 aliphatic rings. The van der Waals surface area contributed by atoms with E-state index in [4.69, 9.17) is 28.6 Å². The van der Waals surface area contributed by atoms with Gasteiger partial charge in [-0.3, -0.25) is 20.6 Å². The van der Waals surface area contributed by atoms with Gasteiger partial charge in [-0.1, -0.05) is 48.3 Å². The van der Waals surface area contributed by atoms with Gasteiger partial charge in [0.2, 0.25) is 0 Å². The highest BCUT2D eigenvalue weighted by Crippen LogP contribution is 2.37. The molecule has 2 aromatic carbocycles. The van der Waals surface area contributed by atoms with Crippen LogP contribution >= 0.6 is 50.5 Å². The fourth-order valence-electron chi connectivity index (χ4n) is 3.72. The lowest BCUT2D eigenvalue weighted by molar-refractivity contribution is -0.115. The summed E-state index contributed by atoms with van der Waals surface area (Å²) in [5.41, 5.74) is 5.75. The number of hydrazine groups is 1. The summed E-state index contributed by atoms with van der Waals surface area (Å²) in [7, 11) is 0. The Morgan fingerprint density at radius 1 is 1.19 bits per heavy atom. The minimum absolute atomic E-state index is 0.0125. The van der Waals surface area contributed by atoms with Gasteiger partial charge >= 0.3 is 0 Å². The second kappa shape index (κ2) is 9.83. The number of carbonyl (C=O) groups is 1. The molecular weight excluding hydrogens is 531 g/mol. The zero-order valence-corrected chi connectivity index (χ0v) is 21.1. The van der Waals surface area contributed by atoms with Crippen molar-refractivity contribution in [1.82, 2.24) is 5.43 Å². The topological polar surface area (TPSA) is 68.2 Å². The van der Waals surface area contributed by atoms with Crippen molar-refractivity contribution in [3.8, 4) is 0 Å². The summed E-state index contributed by atoms with van der Waals surface area (Å²) in [5, 5.41) is 14.9. The molecule has 0 saturated heterocycles. The minimum Gasteiger partial charge on any atom is -0.376 e. The first-order valence-corrected chi connectivity index (χ1v) is 12.4. The van der Waals surface area contributed by atoms with Crippen molar-refractivity contribution in [2.75, 3.05) is 16.9 Å². The molecule has 3 aromatic rings. The Balaban J connectivity index is 1.54. The lowest BCUT2D eigenvalue weighted by Gasteiger charge is -2.27. The van der Waals surface area contributed by atoms with Crippen LogP contribution in [0.3, 0.4) is 0 Å². The number of anilines is 2. The van der Waals surface area contributed by atoms with Crippen LogP contribution in [0.15, 0.2) is 58.4 Å². The fraction of sp³-hybridized carbons (Fsp3) is 0.217. The molecule has 1 aliphatic heterocycles. The molecule has 166 valence electrons. The second-order valence-corrected chi connectivity index (χ2v) is 10.9. The van der Waals surface area contributed by atoms with Crippen molar-refractivity contribution < 1.29 is 4.79 Å². The zero-order chi connectivity index (χ0) is 22.8. The molecule has 9 heteroatoms. The predicted molar refractivity (Wildman–Crippen MR) is 137 cm³/mol. The largest absolute Gasteiger partial charge is 0.376 e. The summed E-state index contributed by atoms with van der Waals surface area (Å²) in [6.07, 6.45) is 0.863. The van der Waals surface area contributed by atoms with E-state index in [-0.39, 0.29) is 11.8 Å². The molecule has 2 unspecified atom stereocenters. The van der Waals surface area contributed by atoms with Gasteiger partial charge in [-0.05, 0) is 64.3 Å². The van der Waals surface area contributed by atoms with Crippen molar-refractivity contribution >= 4 is 73.5 Å². The maximum atomic E-state index is 13.0. The highest BCUT2D eigenvalue weighted by atomic mass is 79.9. The van der Waals surface area contributed by atoms with Gasteiger partial charge in [0.15, 0.2) is 0 Å². The molecule has 0 fully saturated rings. The van der Waals surface area contributed by atoms with Gasteiger partial charge in [-0.25, -0.2) is 0 Å². The average Bonchev–Trinajstić information content (AvgIpc) is 3.38. The second-order valence-electron chi connectivity index (χ2n) is 7.56. The van der Waals surface area contributed by atoms with E-state index in [1.807, 2.05) is 42.3 Å². The maximum absolute atomic E-state index is 13.0. The first-order valence-electron chi connectivity index (χ1n) is 10.0. The number of nitrogens with one attached hydrogen (secondary N) is 3. The van der Waals surface area contributed by atoms with Crippen LogP contribution in [0.2, 0.25) is 10.0 Å². The lowest BCUT2D eigenvalue weighted by atomic mass is 9.94. The number of hydrogen-bond acceptors (Lipinski definition) is 5. The summed E-state index contributed by atoms with van der Waals surface area (Å²) in [4.78, 5) is 14.0. The van der Waals surface area contributed by atoms with Gasteiger partial charge in [-0.2, -0.15) is 0 Å². The van der Waals surface area contributed by atoms with Crippen LogP contribution in [-0.4, -0.2) is 18.2 Å². The predicted octanol–water partition coefficient (Wildman–Crippen LogP) is 6.72. The van der Waals surface area contributed by atoms with Crippen molar-refractivity contribution in [2.24, 2.45) is 5.92 Å². The Hall–Kier alpha value is -2.06. The molecule has 0 radical (unpaired) electrons. The van der Waals surface area contributed by atoms with Crippen LogP contribution in [0.1, 0.15) is 23.4 Å². The fourth-order valence-corrected chi connectivity index (χ4v) is 5.77. The summed E-state index contributed by atoms with van der Waals surface area (Å²) in [6.45, 7) is 2.56. The number of benzene rings is 2. The van der Waals surface area contributed by atoms with Crippen LogP contribution in [0, 0.1) is 11.3 Å². The van der Waals surface area contributed by atoms with Gasteiger partial charge in [0, 0.05) is 22.4 Å². The van der Waals surface area contributed by atoms with Crippen molar-refractivity contribution in [3.63, 3.8) is 0 Å². The van der Waals surface area contributed by atoms with Crippen LogP contribution in [0.4, 0.5) is 11.4 Å². The SMILES string of the molecule is CC(C(=N)C(=O)NN1CCc2ccccc21)C(Nc1ccc(Cl)cc1Cl)c1ccc(Br)s1. The Bertz CT molecular complexity index is 1170. The third kappa shape index (κ3) is 4.96. The van der Waals surface area contributed by atoms with Crippen molar-refractivity contribution in [1.29, 1.82) is 5.41 Å². The number of thiophene rings is 1. The minimum atomic E-state index is -0.426. The Kier molecular flexibility index (Phi) is 7.10. The first-order chi connectivity index (χ1) is 15.3. The van der Waals surface area contributed by atoms with E-state index in [1.54, 1.807) is 29.5 Å².